The molecule has 0 aromatic heterocycles. The van der Waals surface area contributed by atoms with Gasteiger partial charge in [0.15, 0.2) is 0 Å². The maximum Gasteiger partial charge on any atom is 0.513 e. The fraction of sp³-hybridized carbons (Fsp3) is 0.125. The number of rotatable bonds is 3. The van der Waals surface area contributed by atoms with Crippen molar-refractivity contribution in [3.63, 3.8) is 0 Å². The van der Waals surface area contributed by atoms with Crippen LogP contribution >= 0.6 is 0 Å². The fourth-order valence-corrected chi connectivity index (χ4v) is 1.82. The molecule has 114 valence electrons. The lowest BCUT2D eigenvalue weighted by Gasteiger charge is -2.12. The molecular weight excluding hydrogens is 288 g/mol. The van der Waals surface area contributed by atoms with Crippen molar-refractivity contribution in [3.05, 3.63) is 48.5 Å². The number of para-hydroxylation sites is 2. The smallest absolute Gasteiger partial charge is 0.437 e. The van der Waals surface area contributed by atoms with Crippen molar-refractivity contribution < 1.29 is 28.5 Å². The Morgan fingerprint density at radius 2 is 1.05 bits per heavy atom. The molecule has 2 rings (SSSR count). The van der Waals surface area contributed by atoms with Crippen LogP contribution in [0.1, 0.15) is 0 Å². The van der Waals surface area contributed by atoms with Crippen LogP contribution in [0.5, 0.6) is 11.5 Å². The van der Waals surface area contributed by atoms with Crippen LogP contribution in [0.2, 0.25) is 0 Å². The molecule has 0 atom stereocenters. The number of carbonyl (C=O) groups excluding carboxylic acids is 2. The zero-order valence-electron chi connectivity index (χ0n) is 12.1. The zero-order valence-corrected chi connectivity index (χ0v) is 12.1. The second-order valence-electron chi connectivity index (χ2n) is 4.10. The van der Waals surface area contributed by atoms with Gasteiger partial charge in [0, 0.05) is 11.1 Å². The molecule has 22 heavy (non-hydrogen) atoms. The summed E-state index contributed by atoms with van der Waals surface area (Å²) in [4.78, 5) is 22.6. The van der Waals surface area contributed by atoms with Gasteiger partial charge in [-0.3, -0.25) is 0 Å². The molecule has 0 radical (unpaired) electrons. The van der Waals surface area contributed by atoms with Crippen molar-refractivity contribution in [1.82, 2.24) is 0 Å². The van der Waals surface area contributed by atoms with Crippen LogP contribution in [0, 0.1) is 0 Å². The molecule has 0 aliphatic rings. The summed E-state index contributed by atoms with van der Waals surface area (Å²) < 4.78 is 19.2. The lowest BCUT2D eigenvalue weighted by Crippen LogP contribution is -2.09. The Hall–Kier alpha value is -3.02. The molecule has 0 aliphatic heterocycles. The minimum atomic E-state index is -0.834. The predicted octanol–water partition coefficient (Wildman–Crippen LogP) is 3.64. The molecule has 0 amide bonds. The second kappa shape index (κ2) is 7.12. The monoisotopic (exact) mass is 302 g/mol. The molecule has 0 aliphatic carbocycles. The third-order valence-corrected chi connectivity index (χ3v) is 2.78. The average molecular weight is 302 g/mol. The Balaban J connectivity index is 2.44. The van der Waals surface area contributed by atoms with Gasteiger partial charge >= 0.3 is 12.3 Å². The van der Waals surface area contributed by atoms with E-state index in [2.05, 4.69) is 9.47 Å². The van der Waals surface area contributed by atoms with Crippen LogP contribution in [-0.2, 0) is 9.47 Å². The molecule has 2 aromatic rings. The lowest BCUT2D eigenvalue weighted by atomic mass is 10.0. The van der Waals surface area contributed by atoms with Crippen molar-refractivity contribution in [2.75, 3.05) is 14.2 Å². The highest BCUT2D eigenvalue weighted by Crippen LogP contribution is 2.36. The van der Waals surface area contributed by atoms with Crippen molar-refractivity contribution in [1.29, 1.82) is 0 Å². The molecule has 0 fully saturated rings. The molecule has 0 unspecified atom stereocenters. The Bertz CT molecular complexity index is 620. The van der Waals surface area contributed by atoms with Crippen molar-refractivity contribution in [2.45, 2.75) is 0 Å². The first-order valence-corrected chi connectivity index (χ1v) is 6.35. The van der Waals surface area contributed by atoms with Gasteiger partial charge < -0.3 is 18.9 Å². The number of methoxy groups -OCH3 is 2. The Labute approximate surface area is 127 Å². The van der Waals surface area contributed by atoms with Gasteiger partial charge in [-0.2, -0.15) is 0 Å². The van der Waals surface area contributed by atoms with E-state index >= 15 is 0 Å². The van der Waals surface area contributed by atoms with E-state index in [1.54, 1.807) is 48.5 Å². The van der Waals surface area contributed by atoms with Crippen molar-refractivity contribution in [2.24, 2.45) is 0 Å². The average Bonchev–Trinajstić information content (AvgIpc) is 2.55. The van der Waals surface area contributed by atoms with E-state index in [4.69, 9.17) is 9.47 Å². The van der Waals surface area contributed by atoms with E-state index in [0.29, 0.717) is 11.1 Å². The van der Waals surface area contributed by atoms with Gasteiger partial charge in [-0.25, -0.2) is 9.59 Å². The Morgan fingerprint density at radius 3 is 1.41 bits per heavy atom. The Morgan fingerprint density at radius 1 is 0.682 bits per heavy atom. The third kappa shape index (κ3) is 3.54. The standard InChI is InChI=1S/C16H14O6/c1-19-15(17)21-13-9-5-3-7-11(13)12-8-4-6-10-14(12)22-16(18)20-2/h3-10H,1-2H3. The third-order valence-electron chi connectivity index (χ3n) is 2.78. The van der Waals surface area contributed by atoms with Gasteiger partial charge in [0.2, 0.25) is 0 Å². The van der Waals surface area contributed by atoms with Crippen LogP contribution in [0.15, 0.2) is 48.5 Å². The number of carbonyl (C=O) groups is 2. The molecular formula is C16H14O6. The van der Waals surface area contributed by atoms with Gasteiger partial charge in [-0.15, -0.1) is 0 Å². The number of hydrogen-bond donors (Lipinski definition) is 0. The summed E-state index contributed by atoms with van der Waals surface area (Å²) >= 11 is 0. The van der Waals surface area contributed by atoms with E-state index < -0.39 is 12.3 Å². The topological polar surface area (TPSA) is 71.1 Å². The van der Waals surface area contributed by atoms with Gasteiger partial charge in [0.05, 0.1) is 14.2 Å². The van der Waals surface area contributed by atoms with E-state index in [9.17, 15) is 9.59 Å². The molecule has 6 nitrogen and oxygen atoms in total. The Kier molecular flexibility index (Phi) is 4.98. The van der Waals surface area contributed by atoms with Gasteiger partial charge in [-0.05, 0) is 12.1 Å². The summed E-state index contributed by atoms with van der Waals surface area (Å²) in [5.41, 5.74) is 1.15. The highest BCUT2D eigenvalue weighted by molar-refractivity contribution is 5.80. The van der Waals surface area contributed by atoms with Gasteiger partial charge in [-0.1, -0.05) is 36.4 Å². The molecule has 2 aromatic carbocycles. The normalized spacial score (nSPS) is 9.73. The molecule has 0 saturated carbocycles. The van der Waals surface area contributed by atoms with Crippen LogP contribution in [0.3, 0.4) is 0 Å². The van der Waals surface area contributed by atoms with E-state index in [1.807, 2.05) is 0 Å². The molecule has 0 spiro atoms. The summed E-state index contributed by atoms with van der Waals surface area (Å²) in [6.07, 6.45) is -1.67. The minimum Gasteiger partial charge on any atom is -0.437 e. The summed E-state index contributed by atoms with van der Waals surface area (Å²) in [6.45, 7) is 0. The summed E-state index contributed by atoms with van der Waals surface area (Å²) in [7, 11) is 2.44. The van der Waals surface area contributed by atoms with Gasteiger partial charge in [0.25, 0.3) is 0 Å². The molecule has 0 heterocycles. The largest absolute Gasteiger partial charge is 0.513 e. The zero-order chi connectivity index (χ0) is 15.9. The second-order valence-corrected chi connectivity index (χ2v) is 4.10. The first-order valence-electron chi connectivity index (χ1n) is 6.35. The minimum absolute atomic E-state index is 0.287. The fourth-order valence-electron chi connectivity index (χ4n) is 1.82. The highest BCUT2D eigenvalue weighted by atomic mass is 16.7. The SMILES string of the molecule is COC(=O)Oc1ccccc1-c1ccccc1OC(=O)OC. The van der Waals surface area contributed by atoms with Crippen LogP contribution in [0.25, 0.3) is 11.1 Å². The maximum absolute atomic E-state index is 11.3. The van der Waals surface area contributed by atoms with E-state index in [1.165, 1.54) is 14.2 Å². The highest BCUT2D eigenvalue weighted by Gasteiger charge is 2.15. The first-order chi connectivity index (χ1) is 10.7. The summed E-state index contributed by atoms with van der Waals surface area (Å²) in [5.74, 6) is 0.575. The van der Waals surface area contributed by atoms with Crippen molar-refractivity contribution in [3.8, 4) is 22.6 Å². The maximum atomic E-state index is 11.3. The van der Waals surface area contributed by atoms with E-state index in [-0.39, 0.29) is 11.5 Å². The summed E-state index contributed by atoms with van der Waals surface area (Å²) in [5, 5.41) is 0. The molecule has 0 N–H and O–H groups in total. The van der Waals surface area contributed by atoms with Crippen LogP contribution < -0.4 is 9.47 Å². The number of ether oxygens (including phenoxy) is 4. The molecule has 6 heteroatoms. The van der Waals surface area contributed by atoms with E-state index in [0.717, 1.165) is 0 Å². The van der Waals surface area contributed by atoms with Crippen LogP contribution in [-0.4, -0.2) is 26.5 Å². The predicted molar refractivity (Wildman–Crippen MR) is 77.9 cm³/mol. The van der Waals surface area contributed by atoms with Crippen molar-refractivity contribution >= 4 is 12.3 Å². The first kappa shape index (κ1) is 15.4. The lowest BCUT2D eigenvalue weighted by molar-refractivity contribution is 0.120. The summed E-state index contributed by atoms with van der Waals surface area (Å²) in [6, 6.07) is 13.7. The quantitative estimate of drug-likeness (QED) is 0.636. The molecule has 0 bridgehead atoms. The molecule has 0 saturated heterocycles. The van der Waals surface area contributed by atoms with Gasteiger partial charge in [0.1, 0.15) is 11.5 Å². The van der Waals surface area contributed by atoms with Crippen LogP contribution in [0.4, 0.5) is 9.59 Å². The number of benzene rings is 2. The number of hydrogen-bond acceptors (Lipinski definition) is 6.